The van der Waals surface area contributed by atoms with Crippen LogP contribution in [0.1, 0.15) is 28.8 Å². The van der Waals surface area contributed by atoms with Crippen LogP contribution in [-0.4, -0.2) is 40.2 Å². The smallest absolute Gasteiger partial charge is 0.251 e. The van der Waals surface area contributed by atoms with E-state index in [1.54, 1.807) is 18.2 Å². The molecule has 1 aromatic rings. The first-order chi connectivity index (χ1) is 9.93. The van der Waals surface area contributed by atoms with E-state index < -0.39 is 10.0 Å². The summed E-state index contributed by atoms with van der Waals surface area (Å²) in [4.78, 5) is 12.0. The molecular weight excluding hydrogens is 290 g/mol. The van der Waals surface area contributed by atoms with E-state index in [4.69, 9.17) is 5.73 Å². The van der Waals surface area contributed by atoms with Gasteiger partial charge in [0.1, 0.15) is 0 Å². The summed E-state index contributed by atoms with van der Waals surface area (Å²) < 4.78 is 24.7. The van der Waals surface area contributed by atoms with Crippen LogP contribution in [0, 0.1) is 0 Å². The third kappa shape index (κ3) is 3.74. The van der Waals surface area contributed by atoms with Gasteiger partial charge in [0.2, 0.25) is 10.0 Å². The highest BCUT2D eigenvalue weighted by molar-refractivity contribution is 7.92. The number of nitrogens with two attached hydrogens (primary N) is 1. The average molecular weight is 311 g/mol. The number of hydrogen-bond acceptors (Lipinski definition) is 4. The summed E-state index contributed by atoms with van der Waals surface area (Å²) >= 11 is 0. The number of anilines is 1. The van der Waals surface area contributed by atoms with Gasteiger partial charge in [0.05, 0.1) is 11.9 Å². The molecule has 1 aliphatic rings. The van der Waals surface area contributed by atoms with Crippen molar-refractivity contribution in [2.75, 3.05) is 30.2 Å². The molecule has 7 heteroatoms. The SMILES string of the molecule is CS(=O)(=O)N1CCc2cc(C(=O)NCCCCN)ccc21. The zero-order valence-corrected chi connectivity index (χ0v) is 12.9. The highest BCUT2D eigenvalue weighted by Crippen LogP contribution is 2.30. The highest BCUT2D eigenvalue weighted by atomic mass is 32.2. The van der Waals surface area contributed by atoms with E-state index in [2.05, 4.69) is 5.32 Å². The number of rotatable bonds is 6. The van der Waals surface area contributed by atoms with Crippen molar-refractivity contribution in [3.63, 3.8) is 0 Å². The molecule has 1 amide bonds. The topological polar surface area (TPSA) is 92.5 Å². The number of amides is 1. The number of benzene rings is 1. The summed E-state index contributed by atoms with van der Waals surface area (Å²) in [5.41, 5.74) is 7.54. The molecule has 1 heterocycles. The highest BCUT2D eigenvalue weighted by Gasteiger charge is 2.26. The van der Waals surface area contributed by atoms with Crippen molar-refractivity contribution in [2.45, 2.75) is 19.3 Å². The van der Waals surface area contributed by atoms with Crippen LogP contribution in [-0.2, 0) is 16.4 Å². The van der Waals surface area contributed by atoms with Crippen LogP contribution in [0.15, 0.2) is 18.2 Å². The van der Waals surface area contributed by atoms with E-state index in [1.165, 1.54) is 10.6 Å². The molecule has 0 atom stereocenters. The minimum absolute atomic E-state index is 0.132. The van der Waals surface area contributed by atoms with Gasteiger partial charge in [-0.05, 0) is 49.6 Å². The molecule has 116 valence electrons. The zero-order valence-electron chi connectivity index (χ0n) is 12.1. The molecule has 6 nitrogen and oxygen atoms in total. The van der Waals surface area contributed by atoms with Crippen molar-refractivity contribution in [3.05, 3.63) is 29.3 Å². The molecule has 3 N–H and O–H groups in total. The Labute approximate surface area is 125 Å². The summed E-state index contributed by atoms with van der Waals surface area (Å²) in [7, 11) is -3.25. The van der Waals surface area contributed by atoms with Gasteiger partial charge < -0.3 is 11.1 Å². The van der Waals surface area contributed by atoms with Crippen molar-refractivity contribution < 1.29 is 13.2 Å². The molecule has 0 fully saturated rings. The number of carbonyl (C=O) groups is 1. The minimum Gasteiger partial charge on any atom is -0.352 e. The first-order valence-corrected chi connectivity index (χ1v) is 8.87. The van der Waals surface area contributed by atoms with E-state index in [1.807, 2.05) is 0 Å². The first-order valence-electron chi connectivity index (χ1n) is 7.02. The number of sulfonamides is 1. The quantitative estimate of drug-likeness (QED) is 0.747. The maximum Gasteiger partial charge on any atom is 0.251 e. The lowest BCUT2D eigenvalue weighted by molar-refractivity contribution is 0.0953. The second-order valence-corrected chi connectivity index (χ2v) is 7.09. The lowest BCUT2D eigenvalue weighted by atomic mass is 10.1. The summed E-state index contributed by atoms with van der Waals surface area (Å²) in [6, 6.07) is 5.15. The van der Waals surface area contributed by atoms with E-state index >= 15 is 0 Å². The standard InChI is InChI=1S/C14H21N3O3S/c1-21(19,20)17-9-6-11-10-12(4-5-13(11)17)14(18)16-8-3-2-7-15/h4-5,10H,2-3,6-9,15H2,1H3,(H,16,18). The van der Waals surface area contributed by atoms with Crippen molar-refractivity contribution in [3.8, 4) is 0 Å². The first kappa shape index (κ1) is 15.8. The van der Waals surface area contributed by atoms with Crippen LogP contribution in [0.4, 0.5) is 5.69 Å². The molecule has 0 aliphatic carbocycles. The fourth-order valence-electron chi connectivity index (χ4n) is 2.43. The Morgan fingerprint density at radius 3 is 2.81 bits per heavy atom. The molecular formula is C14H21N3O3S. The van der Waals surface area contributed by atoms with Crippen molar-refractivity contribution >= 4 is 21.6 Å². The fourth-order valence-corrected chi connectivity index (χ4v) is 3.39. The Bertz CT molecular complexity index is 628. The van der Waals surface area contributed by atoms with Gasteiger partial charge in [-0.25, -0.2) is 8.42 Å². The number of carbonyl (C=O) groups excluding carboxylic acids is 1. The summed E-state index contributed by atoms with van der Waals surface area (Å²) in [5.74, 6) is -0.132. The van der Waals surface area contributed by atoms with Gasteiger partial charge >= 0.3 is 0 Å². The number of nitrogens with one attached hydrogen (secondary N) is 1. The second-order valence-electron chi connectivity index (χ2n) is 5.18. The molecule has 21 heavy (non-hydrogen) atoms. The molecule has 0 spiro atoms. The maximum atomic E-state index is 12.0. The Balaban J connectivity index is 2.07. The molecule has 0 bridgehead atoms. The fraction of sp³-hybridized carbons (Fsp3) is 0.500. The van der Waals surface area contributed by atoms with Gasteiger partial charge in [-0.2, -0.15) is 0 Å². The van der Waals surface area contributed by atoms with Crippen LogP contribution in [0.2, 0.25) is 0 Å². The van der Waals surface area contributed by atoms with E-state index in [-0.39, 0.29) is 5.91 Å². The largest absolute Gasteiger partial charge is 0.352 e. The minimum atomic E-state index is -3.25. The molecule has 0 unspecified atom stereocenters. The summed E-state index contributed by atoms with van der Waals surface area (Å²) in [6.45, 7) is 1.66. The molecule has 1 aliphatic heterocycles. The maximum absolute atomic E-state index is 12.0. The lowest BCUT2D eigenvalue weighted by Gasteiger charge is -2.16. The number of unbranched alkanes of at least 4 members (excludes halogenated alkanes) is 1. The van der Waals surface area contributed by atoms with Gasteiger partial charge in [0.15, 0.2) is 0 Å². The Kier molecular flexibility index (Phi) is 4.84. The number of fused-ring (bicyclic) bond motifs is 1. The van der Waals surface area contributed by atoms with E-state index in [9.17, 15) is 13.2 Å². The van der Waals surface area contributed by atoms with Crippen LogP contribution in [0.3, 0.4) is 0 Å². The third-order valence-corrected chi connectivity index (χ3v) is 4.69. The van der Waals surface area contributed by atoms with Gasteiger partial charge in [0.25, 0.3) is 5.91 Å². The molecule has 0 saturated carbocycles. The van der Waals surface area contributed by atoms with Crippen molar-refractivity contribution in [2.24, 2.45) is 5.73 Å². The predicted molar refractivity (Wildman–Crippen MR) is 83.0 cm³/mol. The lowest BCUT2D eigenvalue weighted by Crippen LogP contribution is -2.27. The molecule has 2 rings (SSSR count). The molecule has 0 radical (unpaired) electrons. The van der Waals surface area contributed by atoms with Gasteiger partial charge in [0, 0.05) is 18.7 Å². The Morgan fingerprint density at radius 2 is 2.14 bits per heavy atom. The second kappa shape index (κ2) is 6.44. The molecule has 0 saturated heterocycles. The van der Waals surface area contributed by atoms with E-state index in [0.29, 0.717) is 37.3 Å². The zero-order chi connectivity index (χ0) is 15.5. The summed E-state index contributed by atoms with van der Waals surface area (Å²) in [6.07, 6.45) is 3.57. The third-order valence-electron chi connectivity index (χ3n) is 3.51. The van der Waals surface area contributed by atoms with E-state index in [0.717, 1.165) is 18.4 Å². The van der Waals surface area contributed by atoms with Crippen LogP contribution in [0.25, 0.3) is 0 Å². The van der Waals surface area contributed by atoms with Crippen molar-refractivity contribution in [1.29, 1.82) is 0 Å². The van der Waals surface area contributed by atoms with Crippen molar-refractivity contribution in [1.82, 2.24) is 5.32 Å². The summed E-state index contributed by atoms with van der Waals surface area (Å²) in [5, 5.41) is 2.84. The Morgan fingerprint density at radius 1 is 1.38 bits per heavy atom. The van der Waals surface area contributed by atoms with Gasteiger partial charge in [-0.3, -0.25) is 9.10 Å². The Hall–Kier alpha value is -1.60. The van der Waals surface area contributed by atoms with Crippen LogP contribution in [0.5, 0.6) is 0 Å². The van der Waals surface area contributed by atoms with Gasteiger partial charge in [-0.1, -0.05) is 0 Å². The molecule has 0 aromatic heterocycles. The monoisotopic (exact) mass is 311 g/mol. The average Bonchev–Trinajstić information content (AvgIpc) is 2.86. The van der Waals surface area contributed by atoms with Crippen LogP contribution >= 0.6 is 0 Å². The predicted octanol–water partition coefficient (Wildman–Crippen LogP) is 0.477. The number of nitrogens with zero attached hydrogens (tertiary/aromatic N) is 1. The normalized spacial score (nSPS) is 14.1. The van der Waals surface area contributed by atoms with Gasteiger partial charge in [-0.15, -0.1) is 0 Å². The molecule has 1 aromatic carbocycles. The number of hydrogen-bond donors (Lipinski definition) is 2. The van der Waals surface area contributed by atoms with Crippen LogP contribution < -0.4 is 15.4 Å².